The van der Waals surface area contributed by atoms with Crippen LogP contribution in [0.1, 0.15) is 64.7 Å². The number of hydrogen-bond donors (Lipinski definition) is 0. The Labute approximate surface area is 148 Å². The first-order chi connectivity index (χ1) is 9.83. The zero-order valence-corrected chi connectivity index (χ0v) is 16.7. The lowest BCUT2D eigenvalue weighted by Crippen LogP contribution is -2.14. The van der Waals surface area contributed by atoms with Gasteiger partial charge in [-0.3, -0.25) is 4.79 Å². The summed E-state index contributed by atoms with van der Waals surface area (Å²) in [5.41, 5.74) is 0. The maximum atomic E-state index is 11.1. The number of unbranched alkanes of at least 4 members (excludes halogenated alkanes) is 8. The van der Waals surface area contributed by atoms with Crippen molar-refractivity contribution in [1.29, 1.82) is 0 Å². The third kappa shape index (κ3) is 17.0. The Bertz CT molecular complexity index is 270. The van der Waals surface area contributed by atoms with Crippen molar-refractivity contribution in [2.24, 2.45) is 0 Å². The molecular weight excluding hydrogens is 370 g/mol. The van der Waals surface area contributed by atoms with Crippen molar-refractivity contribution < 1.29 is 9.53 Å². The molecule has 0 saturated carbocycles. The number of halogens is 4. The average Bonchev–Trinajstić information content (AvgIpc) is 2.38. The summed E-state index contributed by atoms with van der Waals surface area (Å²) in [6, 6.07) is -1.62. The molecule has 2 nitrogen and oxygen atoms in total. The Morgan fingerprint density at radius 2 is 1.33 bits per heavy atom. The van der Waals surface area contributed by atoms with Gasteiger partial charge in [0, 0.05) is 0 Å². The van der Waals surface area contributed by atoms with E-state index in [0.29, 0.717) is 6.61 Å². The Morgan fingerprint density at radius 1 is 0.905 bits per heavy atom. The molecule has 0 aliphatic heterocycles. The van der Waals surface area contributed by atoms with Crippen LogP contribution in [0.3, 0.4) is 0 Å². The first kappa shape index (κ1) is 21.8. The van der Waals surface area contributed by atoms with Gasteiger partial charge < -0.3 is 4.74 Å². The van der Waals surface area contributed by atoms with Gasteiger partial charge in [0.05, 0.1) is 6.61 Å². The Balaban J connectivity index is 3.14. The number of ether oxygens (including phenoxy) is 1. The zero-order chi connectivity index (χ0) is 16.1. The highest BCUT2D eigenvalue weighted by Crippen LogP contribution is 2.27. The summed E-state index contributed by atoms with van der Waals surface area (Å²) < 4.78 is 5.00. The molecule has 0 rings (SSSR count). The average molecular weight is 396 g/mol. The minimum atomic E-state index is -2.39. The molecule has 0 aromatic carbocycles. The molecule has 1 unspecified atom stereocenters. The fraction of sp³-hybridized carbons (Fsp3) is 0.929. The van der Waals surface area contributed by atoms with Crippen LogP contribution in [0, 0.1) is 0 Å². The molecule has 0 aromatic heterocycles. The molecule has 0 N–H and O–H groups in total. The summed E-state index contributed by atoms with van der Waals surface area (Å²) in [6.07, 6.45) is 10.4. The van der Waals surface area contributed by atoms with Crippen LogP contribution < -0.4 is 0 Å². The third-order valence-electron chi connectivity index (χ3n) is 3.17. The van der Waals surface area contributed by atoms with E-state index < -0.39 is 11.4 Å². The van der Waals surface area contributed by atoms with E-state index in [1.807, 2.05) is 0 Å². The highest BCUT2D eigenvalue weighted by molar-refractivity contribution is 7.64. The summed E-state index contributed by atoms with van der Waals surface area (Å²) >= 11 is 23.1. The zero-order valence-electron chi connectivity index (χ0n) is 12.7. The molecule has 21 heavy (non-hydrogen) atoms. The minimum Gasteiger partial charge on any atom is -0.465 e. The van der Waals surface area contributed by atoms with Gasteiger partial charge in [-0.05, 0) is 19.4 Å². The van der Waals surface area contributed by atoms with Crippen molar-refractivity contribution in [2.45, 2.75) is 76.1 Å². The van der Waals surface area contributed by atoms with Gasteiger partial charge in [-0.15, -0.1) is 44.8 Å². The molecule has 0 aliphatic rings. The summed E-state index contributed by atoms with van der Waals surface area (Å²) in [4.78, 5) is 11.1. The van der Waals surface area contributed by atoms with E-state index in [4.69, 9.17) is 49.6 Å². The monoisotopic (exact) mass is 394 g/mol. The van der Waals surface area contributed by atoms with Crippen molar-refractivity contribution in [3.8, 4) is 0 Å². The van der Waals surface area contributed by atoms with Gasteiger partial charge in [-0.25, -0.2) is 0 Å². The van der Waals surface area contributed by atoms with Crippen LogP contribution >= 0.6 is 44.8 Å². The van der Waals surface area contributed by atoms with Gasteiger partial charge in [0.15, 0.2) is 0 Å². The summed E-state index contributed by atoms with van der Waals surface area (Å²) in [7, 11) is 0. The van der Waals surface area contributed by atoms with Crippen LogP contribution in [0.5, 0.6) is 0 Å². The predicted octanol–water partition coefficient (Wildman–Crippen LogP) is 6.32. The molecule has 7 heteroatoms. The molecule has 0 amide bonds. The number of carbonyl (C=O) groups is 1. The molecule has 0 spiro atoms. The van der Waals surface area contributed by atoms with Crippen molar-refractivity contribution in [3.05, 3.63) is 0 Å². The van der Waals surface area contributed by atoms with Gasteiger partial charge in [0.25, 0.3) is 0 Å². The predicted molar refractivity (Wildman–Crippen MR) is 95.9 cm³/mol. The Kier molecular flexibility index (Phi) is 13.8. The molecule has 0 radical (unpaired) electrons. The number of hydrogen-bond acceptors (Lipinski definition) is 2. The standard InChI is InChI=1S/C14H26Cl4O2Si/c1-13(15)14(19)20-11-9-7-5-3-2-4-6-8-10-12-21(16,17)18/h13H,2-12H2,1H3. The third-order valence-corrected chi connectivity index (χ3v) is 5.97. The lowest BCUT2D eigenvalue weighted by molar-refractivity contribution is -0.142. The second-order valence-corrected chi connectivity index (χ2v) is 15.3. The molecule has 0 bridgehead atoms. The smallest absolute Gasteiger partial charge is 0.341 e. The lowest BCUT2D eigenvalue weighted by Gasteiger charge is -2.07. The van der Waals surface area contributed by atoms with Crippen LogP contribution in [0.4, 0.5) is 0 Å². The second-order valence-electron chi connectivity index (χ2n) is 5.33. The SMILES string of the molecule is CC(Cl)C(=O)OCCCCCCCCCCC[Si](Cl)(Cl)Cl. The van der Waals surface area contributed by atoms with Crippen molar-refractivity contribution >= 4 is 56.8 Å². The first-order valence-electron chi connectivity index (χ1n) is 7.70. The molecule has 0 aliphatic carbocycles. The first-order valence-corrected chi connectivity index (χ1v) is 13.4. The van der Waals surface area contributed by atoms with E-state index in [0.717, 1.165) is 31.7 Å². The van der Waals surface area contributed by atoms with Gasteiger partial charge in [0.1, 0.15) is 5.38 Å². The van der Waals surface area contributed by atoms with Gasteiger partial charge in [-0.2, -0.15) is 0 Å². The molecule has 0 aromatic rings. The van der Waals surface area contributed by atoms with Gasteiger partial charge in [-0.1, -0.05) is 51.4 Å². The fourth-order valence-electron chi connectivity index (χ4n) is 1.95. The quantitative estimate of drug-likeness (QED) is 0.120. The largest absolute Gasteiger partial charge is 0.465 e. The normalized spacial score (nSPS) is 13.2. The molecule has 1 atom stereocenters. The van der Waals surface area contributed by atoms with E-state index in [-0.39, 0.29) is 5.97 Å². The van der Waals surface area contributed by atoms with E-state index >= 15 is 0 Å². The highest BCUT2D eigenvalue weighted by atomic mass is 35.8. The van der Waals surface area contributed by atoms with E-state index in [2.05, 4.69) is 0 Å². The summed E-state index contributed by atoms with van der Waals surface area (Å²) in [5, 5.41) is -0.547. The van der Waals surface area contributed by atoms with E-state index in [1.165, 1.54) is 32.1 Å². The molecule has 0 saturated heterocycles. The summed E-state index contributed by atoms with van der Waals surface area (Å²) in [5.74, 6) is -0.324. The van der Waals surface area contributed by atoms with Crippen LogP contribution in [0.15, 0.2) is 0 Å². The molecule has 0 fully saturated rings. The van der Waals surface area contributed by atoms with Crippen LogP contribution in [0.2, 0.25) is 6.04 Å². The van der Waals surface area contributed by atoms with Gasteiger partial charge in [0.2, 0.25) is 0 Å². The lowest BCUT2D eigenvalue weighted by atomic mass is 10.1. The van der Waals surface area contributed by atoms with Crippen molar-refractivity contribution in [2.75, 3.05) is 6.61 Å². The molecule has 0 heterocycles. The molecule has 126 valence electrons. The topological polar surface area (TPSA) is 26.3 Å². The van der Waals surface area contributed by atoms with E-state index in [1.54, 1.807) is 6.92 Å². The highest BCUT2D eigenvalue weighted by Gasteiger charge is 2.23. The maximum absolute atomic E-state index is 11.1. The van der Waals surface area contributed by atoms with Crippen LogP contribution in [-0.4, -0.2) is 24.0 Å². The number of carbonyl (C=O) groups excluding carboxylic acids is 1. The minimum absolute atomic E-state index is 0.324. The second kappa shape index (κ2) is 13.3. The number of esters is 1. The summed E-state index contributed by atoms with van der Waals surface area (Å²) in [6.45, 7) is 2.11. The van der Waals surface area contributed by atoms with Crippen LogP contribution in [-0.2, 0) is 9.53 Å². The number of alkyl halides is 1. The Morgan fingerprint density at radius 3 is 1.76 bits per heavy atom. The molecular formula is C14H26Cl4O2Si. The van der Waals surface area contributed by atoms with E-state index in [9.17, 15) is 4.79 Å². The Hall–Kier alpha value is 0.847. The maximum Gasteiger partial charge on any atom is 0.341 e. The number of rotatable bonds is 13. The fourth-order valence-corrected chi connectivity index (χ4v) is 3.87. The van der Waals surface area contributed by atoms with Crippen molar-refractivity contribution in [1.82, 2.24) is 0 Å². The van der Waals surface area contributed by atoms with Crippen LogP contribution in [0.25, 0.3) is 0 Å². The van der Waals surface area contributed by atoms with Gasteiger partial charge >= 0.3 is 12.0 Å². The van der Waals surface area contributed by atoms with Crippen molar-refractivity contribution in [3.63, 3.8) is 0 Å².